The molecule has 1 amide bonds. The monoisotopic (exact) mass is 532 g/mol. The van der Waals surface area contributed by atoms with Crippen molar-refractivity contribution in [2.45, 2.75) is 17.9 Å². The fraction of sp³-hybridized carbons (Fsp3) is 0.316. The lowest BCUT2D eigenvalue weighted by atomic mass is 10.2. The van der Waals surface area contributed by atoms with Crippen molar-refractivity contribution in [1.29, 1.82) is 0 Å². The number of amides is 1. The van der Waals surface area contributed by atoms with Gasteiger partial charge in [0, 0.05) is 35.3 Å². The van der Waals surface area contributed by atoms with Gasteiger partial charge in [0.05, 0.1) is 15.6 Å². The van der Waals surface area contributed by atoms with Crippen LogP contribution in [0.1, 0.15) is 17.3 Å². The molecule has 0 bridgehead atoms. The molecular formula is C19H21IN2O4S2. The van der Waals surface area contributed by atoms with E-state index in [9.17, 15) is 13.2 Å². The highest BCUT2D eigenvalue weighted by Gasteiger charge is 2.31. The smallest absolute Gasteiger partial charge is 0.255 e. The fourth-order valence-electron chi connectivity index (χ4n) is 2.93. The van der Waals surface area contributed by atoms with Crippen molar-refractivity contribution in [3.8, 4) is 5.75 Å². The maximum atomic E-state index is 12.9. The Morgan fingerprint density at radius 2 is 1.96 bits per heavy atom. The molecule has 0 spiro atoms. The van der Waals surface area contributed by atoms with E-state index in [2.05, 4.69) is 27.9 Å². The van der Waals surface area contributed by atoms with Crippen molar-refractivity contribution in [3.05, 3.63) is 51.6 Å². The molecule has 6 nitrogen and oxygen atoms in total. The third kappa shape index (κ3) is 4.64. The molecule has 1 fully saturated rings. The Balaban J connectivity index is 1.74. The summed E-state index contributed by atoms with van der Waals surface area (Å²) in [7, 11) is -1.95. The SMILES string of the molecule is COc1ccc(C(=O)Nc2ccc(S(=O)(=O)N3CCSC[C@H]3C)cc2)cc1I. The van der Waals surface area contributed by atoms with E-state index in [1.807, 2.05) is 6.92 Å². The molecule has 1 atom stereocenters. The number of benzene rings is 2. The summed E-state index contributed by atoms with van der Waals surface area (Å²) in [6, 6.07) is 11.4. The maximum absolute atomic E-state index is 12.9. The zero-order chi connectivity index (χ0) is 20.3. The highest BCUT2D eigenvalue weighted by Crippen LogP contribution is 2.26. The van der Waals surface area contributed by atoms with E-state index in [-0.39, 0.29) is 16.8 Å². The molecule has 1 saturated heterocycles. The van der Waals surface area contributed by atoms with Gasteiger partial charge < -0.3 is 10.1 Å². The lowest BCUT2D eigenvalue weighted by Crippen LogP contribution is -2.44. The summed E-state index contributed by atoms with van der Waals surface area (Å²) in [5, 5.41) is 2.80. The van der Waals surface area contributed by atoms with Gasteiger partial charge in [-0.1, -0.05) is 0 Å². The Hall–Kier alpha value is -1.30. The molecule has 2 aromatic rings. The minimum absolute atomic E-state index is 0.0272. The summed E-state index contributed by atoms with van der Waals surface area (Å²) in [6.07, 6.45) is 0. The predicted octanol–water partition coefficient (Wildman–Crippen LogP) is 3.68. The van der Waals surface area contributed by atoms with Crippen molar-refractivity contribution in [2.24, 2.45) is 0 Å². The van der Waals surface area contributed by atoms with Crippen LogP contribution in [0.25, 0.3) is 0 Å². The Kier molecular flexibility index (Phi) is 6.89. The highest BCUT2D eigenvalue weighted by atomic mass is 127. The van der Waals surface area contributed by atoms with Crippen LogP contribution < -0.4 is 10.1 Å². The largest absolute Gasteiger partial charge is 0.496 e. The van der Waals surface area contributed by atoms with Crippen LogP contribution in [-0.2, 0) is 10.0 Å². The number of anilines is 1. The molecule has 1 heterocycles. The van der Waals surface area contributed by atoms with Crippen LogP contribution in [0, 0.1) is 3.57 Å². The van der Waals surface area contributed by atoms with Crippen LogP contribution >= 0.6 is 34.4 Å². The molecule has 0 aromatic heterocycles. The molecule has 0 aliphatic carbocycles. The van der Waals surface area contributed by atoms with Crippen molar-refractivity contribution in [1.82, 2.24) is 4.31 Å². The Labute approximate surface area is 183 Å². The van der Waals surface area contributed by atoms with Crippen LogP contribution in [-0.4, -0.2) is 49.8 Å². The summed E-state index contributed by atoms with van der Waals surface area (Å²) in [5.41, 5.74) is 1.04. The Bertz CT molecular complexity index is 964. The Morgan fingerprint density at radius 3 is 2.57 bits per heavy atom. The predicted molar refractivity (Wildman–Crippen MR) is 121 cm³/mol. The standard InChI is InChI=1S/C19H21IN2O4S2/c1-13-12-27-10-9-22(13)28(24,25)16-6-4-15(5-7-16)21-19(23)14-3-8-18(26-2)17(20)11-14/h3-8,11,13H,9-10,12H2,1-2H3,(H,21,23)/t13-/m1/s1. The van der Waals surface area contributed by atoms with E-state index >= 15 is 0 Å². The number of hydrogen-bond acceptors (Lipinski definition) is 5. The zero-order valence-corrected chi connectivity index (χ0v) is 19.3. The molecule has 1 aliphatic rings. The van der Waals surface area contributed by atoms with Gasteiger partial charge in [-0.05, 0) is 72.0 Å². The van der Waals surface area contributed by atoms with Gasteiger partial charge in [-0.25, -0.2) is 8.42 Å². The number of halogens is 1. The number of thioether (sulfide) groups is 1. The van der Waals surface area contributed by atoms with Crippen molar-refractivity contribution in [3.63, 3.8) is 0 Å². The number of sulfonamides is 1. The zero-order valence-electron chi connectivity index (χ0n) is 15.5. The first-order valence-electron chi connectivity index (χ1n) is 8.67. The molecule has 3 rings (SSSR count). The second-order valence-corrected chi connectivity index (χ2v) is 10.6. The number of hydrogen-bond donors (Lipinski definition) is 1. The average molecular weight is 532 g/mol. The van der Waals surface area contributed by atoms with E-state index in [1.54, 1.807) is 53.5 Å². The molecule has 0 unspecified atom stereocenters. The Morgan fingerprint density at radius 1 is 1.25 bits per heavy atom. The van der Waals surface area contributed by atoms with Crippen LogP contribution in [0.5, 0.6) is 5.75 Å². The first kappa shape index (κ1) is 21.4. The molecule has 1 aliphatic heterocycles. The lowest BCUT2D eigenvalue weighted by molar-refractivity contribution is 0.102. The summed E-state index contributed by atoms with van der Waals surface area (Å²) in [6.45, 7) is 2.44. The van der Waals surface area contributed by atoms with Gasteiger partial charge in [0.15, 0.2) is 0 Å². The number of nitrogens with zero attached hydrogens (tertiary/aromatic N) is 1. The third-order valence-corrected chi connectivity index (χ3v) is 8.50. The van der Waals surface area contributed by atoms with Crippen molar-refractivity contribution >= 4 is 56.0 Å². The number of methoxy groups -OCH3 is 1. The van der Waals surface area contributed by atoms with Gasteiger partial charge in [0.2, 0.25) is 10.0 Å². The average Bonchev–Trinajstić information content (AvgIpc) is 2.68. The molecule has 0 saturated carbocycles. The second kappa shape index (κ2) is 9.02. The minimum atomic E-state index is -3.53. The molecule has 2 aromatic carbocycles. The summed E-state index contributed by atoms with van der Waals surface area (Å²) < 4.78 is 33.3. The van der Waals surface area contributed by atoms with Gasteiger partial charge in [0.1, 0.15) is 5.75 Å². The quantitative estimate of drug-likeness (QED) is 0.595. The van der Waals surface area contributed by atoms with Gasteiger partial charge >= 0.3 is 0 Å². The molecule has 9 heteroatoms. The van der Waals surface area contributed by atoms with Crippen molar-refractivity contribution in [2.75, 3.05) is 30.5 Å². The molecule has 150 valence electrons. The summed E-state index contributed by atoms with van der Waals surface area (Å²) >= 11 is 3.87. The molecule has 28 heavy (non-hydrogen) atoms. The number of nitrogens with one attached hydrogen (secondary N) is 1. The number of carbonyl (C=O) groups excluding carboxylic acids is 1. The van der Waals surface area contributed by atoms with E-state index in [4.69, 9.17) is 4.74 Å². The normalized spacial score (nSPS) is 17.9. The van der Waals surface area contributed by atoms with Crippen LogP contribution in [0.4, 0.5) is 5.69 Å². The second-order valence-electron chi connectivity index (χ2n) is 6.37. The van der Waals surface area contributed by atoms with Gasteiger partial charge in [-0.3, -0.25) is 4.79 Å². The molecular weight excluding hydrogens is 511 g/mol. The van der Waals surface area contributed by atoms with Gasteiger partial charge in [-0.2, -0.15) is 16.1 Å². The maximum Gasteiger partial charge on any atom is 0.255 e. The lowest BCUT2D eigenvalue weighted by Gasteiger charge is -2.31. The van der Waals surface area contributed by atoms with E-state index in [0.29, 0.717) is 23.5 Å². The summed E-state index contributed by atoms with van der Waals surface area (Å²) in [4.78, 5) is 12.7. The van der Waals surface area contributed by atoms with Gasteiger partial charge in [0.25, 0.3) is 5.91 Å². The number of carbonyl (C=O) groups is 1. The van der Waals surface area contributed by atoms with Crippen molar-refractivity contribution < 1.29 is 17.9 Å². The third-order valence-electron chi connectivity index (χ3n) is 4.44. The van der Waals surface area contributed by atoms with Crippen LogP contribution in [0.3, 0.4) is 0 Å². The number of rotatable bonds is 5. The van der Waals surface area contributed by atoms with Crippen LogP contribution in [0.15, 0.2) is 47.4 Å². The van der Waals surface area contributed by atoms with Gasteiger partial charge in [-0.15, -0.1) is 0 Å². The van der Waals surface area contributed by atoms with E-state index in [0.717, 1.165) is 15.1 Å². The topological polar surface area (TPSA) is 75.7 Å². The fourth-order valence-corrected chi connectivity index (χ4v) is 6.52. The first-order valence-corrected chi connectivity index (χ1v) is 12.3. The van der Waals surface area contributed by atoms with Crippen LogP contribution in [0.2, 0.25) is 0 Å². The molecule has 1 N–H and O–H groups in total. The van der Waals surface area contributed by atoms with E-state index < -0.39 is 10.0 Å². The minimum Gasteiger partial charge on any atom is -0.496 e. The highest BCUT2D eigenvalue weighted by molar-refractivity contribution is 14.1. The number of ether oxygens (including phenoxy) is 1. The van der Waals surface area contributed by atoms with E-state index in [1.165, 1.54) is 12.1 Å². The molecule has 0 radical (unpaired) electrons. The first-order chi connectivity index (χ1) is 13.3. The summed E-state index contributed by atoms with van der Waals surface area (Å²) in [5.74, 6) is 2.04.